The highest BCUT2D eigenvalue weighted by molar-refractivity contribution is 6.30. The zero-order valence-corrected chi connectivity index (χ0v) is 12.8. The summed E-state index contributed by atoms with van der Waals surface area (Å²) in [7, 11) is 1.65. The number of piperidine rings is 1. The van der Waals surface area contributed by atoms with E-state index in [1.807, 2.05) is 0 Å². The van der Waals surface area contributed by atoms with Gasteiger partial charge in [0.1, 0.15) is 0 Å². The van der Waals surface area contributed by atoms with Gasteiger partial charge >= 0.3 is 0 Å². The molecule has 6 heteroatoms. The Morgan fingerprint density at radius 3 is 2.90 bits per heavy atom. The minimum Gasteiger partial charge on any atom is -0.335 e. The van der Waals surface area contributed by atoms with Crippen molar-refractivity contribution in [3.8, 4) is 0 Å². The topological polar surface area (TPSA) is 61.4 Å². The predicted molar refractivity (Wildman–Crippen MR) is 83.4 cm³/mol. The number of amides is 2. The Bertz CT molecular complexity index is 515. The van der Waals surface area contributed by atoms with Gasteiger partial charge in [-0.25, -0.2) is 0 Å². The average molecular weight is 310 g/mol. The molecule has 21 heavy (non-hydrogen) atoms. The second kappa shape index (κ2) is 7.43. The molecule has 1 aliphatic heterocycles. The van der Waals surface area contributed by atoms with Gasteiger partial charge in [0.15, 0.2) is 0 Å². The fourth-order valence-electron chi connectivity index (χ4n) is 2.39. The maximum absolute atomic E-state index is 12.2. The number of hydrogen-bond acceptors (Lipinski definition) is 3. The molecule has 2 rings (SSSR count). The molecule has 114 valence electrons. The molecule has 1 heterocycles. The van der Waals surface area contributed by atoms with Gasteiger partial charge in [0.25, 0.3) is 0 Å². The lowest BCUT2D eigenvalue weighted by molar-refractivity contribution is -0.135. The summed E-state index contributed by atoms with van der Waals surface area (Å²) >= 11 is 5.86. The molecular weight excluding hydrogens is 290 g/mol. The second-order valence-electron chi connectivity index (χ2n) is 5.26. The van der Waals surface area contributed by atoms with Crippen LogP contribution in [0.3, 0.4) is 0 Å². The van der Waals surface area contributed by atoms with Crippen LogP contribution < -0.4 is 10.6 Å². The first-order chi connectivity index (χ1) is 10.1. The quantitative estimate of drug-likeness (QED) is 0.892. The molecule has 0 spiro atoms. The van der Waals surface area contributed by atoms with Crippen molar-refractivity contribution in [3.63, 3.8) is 0 Å². The molecule has 0 bridgehead atoms. The third kappa shape index (κ3) is 4.72. The van der Waals surface area contributed by atoms with E-state index in [2.05, 4.69) is 10.6 Å². The normalized spacial score (nSPS) is 18.1. The van der Waals surface area contributed by atoms with Crippen molar-refractivity contribution >= 4 is 29.1 Å². The first kappa shape index (κ1) is 15.8. The van der Waals surface area contributed by atoms with E-state index in [-0.39, 0.29) is 24.4 Å². The van der Waals surface area contributed by atoms with E-state index < -0.39 is 0 Å². The minimum absolute atomic E-state index is 0.0313. The lowest BCUT2D eigenvalue weighted by atomic mass is 10.0. The zero-order chi connectivity index (χ0) is 15.2. The number of likely N-dealkylation sites (N-methyl/N-ethyl adjacent to an activating group) is 1. The summed E-state index contributed by atoms with van der Waals surface area (Å²) in [6.45, 7) is 0.891. The number of benzene rings is 1. The average Bonchev–Trinajstić information content (AvgIpc) is 2.47. The van der Waals surface area contributed by atoms with Crippen molar-refractivity contribution in [1.29, 1.82) is 0 Å². The standard InChI is InChI=1S/C15H20ClN3O2/c1-19(15(21)13-7-2-3-8-17-13)10-14(20)18-12-6-4-5-11(16)9-12/h4-6,9,13,17H,2-3,7-8,10H2,1H3,(H,18,20). The highest BCUT2D eigenvalue weighted by Gasteiger charge is 2.24. The van der Waals surface area contributed by atoms with E-state index in [1.54, 1.807) is 31.3 Å². The van der Waals surface area contributed by atoms with Gasteiger partial charge in [0, 0.05) is 17.8 Å². The minimum atomic E-state index is -0.232. The summed E-state index contributed by atoms with van der Waals surface area (Å²) < 4.78 is 0. The molecule has 1 saturated heterocycles. The Morgan fingerprint density at radius 2 is 2.24 bits per heavy atom. The number of halogens is 1. The van der Waals surface area contributed by atoms with Gasteiger partial charge in [-0.05, 0) is 37.6 Å². The van der Waals surface area contributed by atoms with Gasteiger partial charge in [-0.2, -0.15) is 0 Å². The van der Waals surface area contributed by atoms with Crippen molar-refractivity contribution in [2.24, 2.45) is 0 Å². The molecule has 0 aliphatic carbocycles. The Morgan fingerprint density at radius 1 is 1.43 bits per heavy atom. The molecule has 5 nitrogen and oxygen atoms in total. The van der Waals surface area contributed by atoms with Crippen LogP contribution in [0, 0.1) is 0 Å². The zero-order valence-electron chi connectivity index (χ0n) is 12.1. The number of carbonyl (C=O) groups is 2. The molecule has 1 aromatic rings. The summed E-state index contributed by atoms with van der Waals surface area (Å²) in [5.41, 5.74) is 0.629. The van der Waals surface area contributed by atoms with E-state index in [0.29, 0.717) is 10.7 Å². The summed E-state index contributed by atoms with van der Waals surface area (Å²) in [5.74, 6) is -0.264. The summed E-state index contributed by atoms with van der Waals surface area (Å²) in [4.78, 5) is 25.6. The molecule has 2 N–H and O–H groups in total. The van der Waals surface area contributed by atoms with Crippen LogP contribution in [0.25, 0.3) is 0 Å². The summed E-state index contributed by atoms with van der Waals surface area (Å²) in [6, 6.07) is 6.77. The van der Waals surface area contributed by atoms with Gasteiger partial charge in [-0.1, -0.05) is 24.1 Å². The van der Waals surface area contributed by atoms with E-state index in [0.717, 1.165) is 25.8 Å². The second-order valence-corrected chi connectivity index (χ2v) is 5.69. The van der Waals surface area contributed by atoms with Crippen LogP contribution in [0.4, 0.5) is 5.69 Å². The molecule has 0 saturated carbocycles. The SMILES string of the molecule is CN(CC(=O)Nc1cccc(Cl)c1)C(=O)C1CCCCN1. The van der Waals surface area contributed by atoms with Crippen LogP contribution in [0.15, 0.2) is 24.3 Å². The molecule has 1 fully saturated rings. The number of carbonyl (C=O) groups excluding carboxylic acids is 2. The van der Waals surface area contributed by atoms with Gasteiger partial charge in [-0.3, -0.25) is 9.59 Å². The van der Waals surface area contributed by atoms with Gasteiger partial charge in [0.05, 0.1) is 12.6 Å². The fourth-order valence-corrected chi connectivity index (χ4v) is 2.58. The highest BCUT2D eigenvalue weighted by Crippen LogP contribution is 2.15. The van der Waals surface area contributed by atoms with Crippen molar-refractivity contribution < 1.29 is 9.59 Å². The summed E-state index contributed by atoms with van der Waals surface area (Å²) in [6.07, 6.45) is 2.98. The first-order valence-electron chi connectivity index (χ1n) is 7.10. The number of rotatable bonds is 4. The van der Waals surface area contributed by atoms with Crippen molar-refractivity contribution in [1.82, 2.24) is 10.2 Å². The molecule has 1 aromatic carbocycles. The molecule has 1 atom stereocenters. The van der Waals surface area contributed by atoms with Gasteiger partial charge < -0.3 is 15.5 Å². The van der Waals surface area contributed by atoms with Crippen LogP contribution in [0.5, 0.6) is 0 Å². The van der Waals surface area contributed by atoms with E-state index >= 15 is 0 Å². The fraction of sp³-hybridized carbons (Fsp3) is 0.467. The van der Waals surface area contributed by atoms with Crippen LogP contribution in [0.2, 0.25) is 5.02 Å². The lowest BCUT2D eigenvalue weighted by Gasteiger charge is -2.27. The number of anilines is 1. The van der Waals surface area contributed by atoms with Crippen LogP contribution in [0.1, 0.15) is 19.3 Å². The maximum Gasteiger partial charge on any atom is 0.243 e. The molecular formula is C15H20ClN3O2. The largest absolute Gasteiger partial charge is 0.335 e. The van der Waals surface area contributed by atoms with Gasteiger partial charge in [-0.15, -0.1) is 0 Å². The predicted octanol–water partition coefficient (Wildman–Crippen LogP) is 1.88. The Hall–Kier alpha value is -1.59. The number of hydrogen-bond donors (Lipinski definition) is 2. The van der Waals surface area contributed by atoms with Crippen molar-refractivity contribution in [2.75, 3.05) is 25.5 Å². The molecule has 0 aromatic heterocycles. The summed E-state index contributed by atoms with van der Waals surface area (Å²) in [5, 5.41) is 6.48. The number of nitrogens with zero attached hydrogens (tertiary/aromatic N) is 1. The lowest BCUT2D eigenvalue weighted by Crippen LogP contribution is -2.48. The first-order valence-corrected chi connectivity index (χ1v) is 7.48. The van der Waals surface area contributed by atoms with E-state index in [1.165, 1.54) is 4.90 Å². The van der Waals surface area contributed by atoms with Crippen LogP contribution in [-0.4, -0.2) is 42.9 Å². The Labute approximate surface area is 129 Å². The molecule has 0 radical (unpaired) electrons. The smallest absolute Gasteiger partial charge is 0.243 e. The third-order valence-corrected chi connectivity index (χ3v) is 3.71. The van der Waals surface area contributed by atoms with Crippen molar-refractivity contribution in [3.05, 3.63) is 29.3 Å². The molecule has 2 amide bonds. The van der Waals surface area contributed by atoms with Crippen molar-refractivity contribution in [2.45, 2.75) is 25.3 Å². The van der Waals surface area contributed by atoms with Gasteiger partial charge in [0.2, 0.25) is 11.8 Å². The van der Waals surface area contributed by atoms with E-state index in [9.17, 15) is 9.59 Å². The molecule has 1 aliphatic rings. The maximum atomic E-state index is 12.2. The monoisotopic (exact) mass is 309 g/mol. The Balaban J connectivity index is 1.85. The third-order valence-electron chi connectivity index (χ3n) is 3.47. The Kier molecular flexibility index (Phi) is 5.59. The highest BCUT2D eigenvalue weighted by atomic mass is 35.5. The number of nitrogens with one attached hydrogen (secondary N) is 2. The van der Waals surface area contributed by atoms with Crippen LogP contribution in [-0.2, 0) is 9.59 Å². The van der Waals surface area contributed by atoms with E-state index in [4.69, 9.17) is 11.6 Å². The van der Waals surface area contributed by atoms with Crippen LogP contribution >= 0.6 is 11.6 Å². The molecule has 1 unspecified atom stereocenters.